The van der Waals surface area contributed by atoms with Crippen LogP contribution < -0.4 is 11.1 Å². The normalized spacial score (nSPS) is 11.2. The maximum Gasteiger partial charge on any atom is 0.330 e. The Morgan fingerprint density at radius 2 is 2.29 bits per heavy atom. The van der Waals surface area contributed by atoms with Gasteiger partial charge in [-0.3, -0.25) is 19.6 Å². The molecule has 0 atom stereocenters. The van der Waals surface area contributed by atoms with Crippen LogP contribution in [-0.4, -0.2) is 27.2 Å². The Balaban J connectivity index is 2.83. The molecule has 3 N–H and O–H groups in total. The van der Waals surface area contributed by atoms with E-state index in [-0.39, 0.29) is 18.1 Å². The number of rotatable bonds is 5. The zero-order chi connectivity index (χ0) is 13.2. The second kappa shape index (κ2) is 4.40. The van der Waals surface area contributed by atoms with Gasteiger partial charge in [-0.2, -0.15) is 0 Å². The molecule has 0 saturated heterocycles. The first-order valence-electron chi connectivity index (χ1n) is 4.96. The highest BCUT2D eigenvalue weighted by atomic mass is 16.6. The maximum atomic E-state index is 11.1. The molecule has 0 aliphatic rings. The number of nitrogens with zero attached hydrogens (tertiary/aromatic N) is 3. The standard InChI is InChI=1S/C9H15N5O3/c1-9(2,8(10)15)5-11-7-6(14(16)17)4-13(3)12-7/h4H,5H2,1-3H3,(H2,10,15)(H,11,12). The van der Waals surface area contributed by atoms with E-state index < -0.39 is 16.2 Å². The van der Waals surface area contributed by atoms with Crippen LogP contribution in [0.5, 0.6) is 0 Å². The summed E-state index contributed by atoms with van der Waals surface area (Å²) in [6.07, 6.45) is 1.29. The van der Waals surface area contributed by atoms with Crippen molar-refractivity contribution in [3.05, 3.63) is 16.3 Å². The predicted octanol–water partition coefficient (Wildman–Crippen LogP) is 0.252. The first kappa shape index (κ1) is 12.9. The molecule has 0 aliphatic heterocycles. The minimum atomic E-state index is -0.800. The lowest BCUT2D eigenvalue weighted by Gasteiger charge is -2.20. The van der Waals surface area contributed by atoms with E-state index in [4.69, 9.17) is 5.73 Å². The van der Waals surface area contributed by atoms with Gasteiger partial charge in [0.15, 0.2) is 0 Å². The number of hydrogen-bond acceptors (Lipinski definition) is 5. The third-order valence-electron chi connectivity index (χ3n) is 2.37. The molecular weight excluding hydrogens is 226 g/mol. The minimum Gasteiger partial charge on any atom is -0.369 e. The summed E-state index contributed by atoms with van der Waals surface area (Å²) in [5.74, 6) is -0.351. The number of aryl methyl sites for hydroxylation is 1. The topological polar surface area (TPSA) is 116 Å². The summed E-state index contributed by atoms with van der Waals surface area (Å²) < 4.78 is 1.33. The summed E-state index contributed by atoms with van der Waals surface area (Å²) in [6.45, 7) is 3.48. The van der Waals surface area contributed by atoms with E-state index in [2.05, 4.69) is 10.4 Å². The Kier molecular flexibility index (Phi) is 3.35. The summed E-state index contributed by atoms with van der Waals surface area (Å²) in [6, 6.07) is 0. The zero-order valence-corrected chi connectivity index (χ0v) is 9.93. The smallest absolute Gasteiger partial charge is 0.330 e. The van der Waals surface area contributed by atoms with Gasteiger partial charge in [-0.05, 0) is 13.8 Å². The summed E-state index contributed by atoms with van der Waals surface area (Å²) in [5, 5.41) is 17.4. The van der Waals surface area contributed by atoms with Crippen LogP contribution in [0.3, 0.4) is 0 Å². The van der Waals surface area contributed by atoms with Crippen molar-refractivity contribution in [2.24, 2.45) is 18.2 Å². The molecule has 0 unspecified atom stereocenters. The fraction of sp³-hybridized carbons (Fsp3) is 0.556. The van der Waals surface area contributed by atoms with Gasteiger partial charge in [-0.1, -0.05) is 0 Å². The van der Waals surface area contributed by atoms with Gasteiger partial charge in [0.2, 0.25) is 11.7 Å². The van der Waals surface area contributed by atoms with E-state index >= 15 is 0 Å². The van der Waals surface area contributed by atoms with E-state index in [1.807, 2.05) is 0 Å². The number of aromatic nitrogens is 2. The second-order valence-corrected chi connectivity index (χ2v) is 4.40. The summed E-state index contributed by atoms with van der Waals surface area (Å²) >= 11 is 0. The summed E-state index contributed by atoms with van der Waals surface area (Å²) in [5.41, 5.74) is 4.27. The van der Waals surface area contributed by atoms with Crippen LogP contribution in [0.2, 0.25) is 0 Å². The van der Waals surface area contributed by atoms with Gasteiger partial charge in [0.25, 0.3) is 0 Å². The van der Waals surface area contributed by atoms with Crippen molar-refractivity contribution in [3.63, 3.8) is 0 Å². The van der Waals surface area contributed by atoms with E-state index in [0.717, 1.165) is 0 Å². The average molecular weight is 241 g/mol. The van der Waals surface area contributed by atoms with E-state index in [1.165, 1.54) is 10.9 Å². The molecule has 0 bridgehead atoms. The third-order valence-corrected chi connectivity index (χ3v) is 2.37. The molecule has 0 spiro atoms. The quantitative estimate of drug-likeness (QED) is 0.566. The highest BCUT2D eigenvalue weighted by Gasteiger charge is 2.27. The highest BCUT2D eigenvalue weighted by Crippen LogP contribution is 2.23. The number of hydrogen-bond donors (Lipinski definition) is 2. The van der Waals surface area contributed by atoms with Crippen molar-refractivity contribution in [2.75, 3.05) is 11.9 Å². The van der Waals surface area contributed by atoms with Crippen molar-refractivity contribution in [3.8, 4) is 0 Å². The molecule has 94 valence electrons. The number of nitro groups is 1. The monoisotopic (exact) mass is 241 g/mol. The first-order valence-corrected chi connectivity index (χ1v) is 4.96. The largest absolute Gasteiger partial charge is 0.369 e. The molecule has 8 nitrogen and oxygen atoms in total. The number of anilines is 1. The molecule has 0 saturated carbocycles. The van der Waals surface area contributed by atoms with Gasteiger partial charge in [0.05, 0.1) is 10.3 Å². The molecule has 1 amide bonds. The average Bonchev–Trinajstić information content (AvgIpc) is 2.56. The second-order valence-electron chi connectivity index (χ2n) is 4.40. The summed E-state index contributed by atoms with van der Waals surface area (Å²) in [4.78, 5) is 21.3. The Morgan fingerprint density at radius 3 is 2.76 bits per heavy atom. The van der Waals surface area contributed by atoms with Gasteiger partial charge >= 0.3 is 5.69 Å². The van der Waals surface area contributed by atoms with Crippen LogP contribution in [0.15, 0.2) is 6.20 Å². The van der Waals surface area contributed by atoms with Crippen molar-refractivity contribution >= 4 is 17.4 Å². The molecule has 1 aromatic heterocycles. The van der Waals surface area contributed by atoms with Crippen LogP contribution in [0.1, 0.15) is 13.8 Å². The highest BCUT2D eigenvalue weighted by molar-refractivity contribution is 5.80. The molecule has 0 aromatic carbocycles. The van der Waals surface area contributed by atoms with Crippen LogP contribution >= 0.6 is 0 Å². The van der Waals surface area contributed by atoms with Crippen molar-refractivity contribution in [1.29, 1.82) is 0 Å². The molecule has 1 aromatic rings. The summed E-state index contributed by atoms with van der Waals surface area (Å²) in [7, 11) is 1.58. The molecule has 0 aliphatic carbocycles. The molecule has 1 heterocycles. The van der Waals surface area contributed by atoms with Crippen molar-refractivity contribution < 1.29 is 9.72 Å². The van der Waals surface area contributed by atoms with E-state index in [9.17, 15) is 14.9 Å². The number of carbonyl (C=O) groups is 1. The fourth-order valence-corrected chi connectivity index (χ4v) is 1.13. The Bertz CT molecular complexity index is 451. The molecule has 1 rings (SSSR count). The molecule has 0 fully saturated rings. The lowest BCUT2D eigenvalue weighted by Crippen LogP contribution is -2.37. The number of primary amides is 1. The number of nitrogens with one attached hydrogen (secondary N) is 1. The Labute approximate surface area is 97.9 Å². The number of nitrogens with two attached hydrogens (primary N) is 1. The van der Waals surface area contributed by atoms with E-state index in [1.54, 1.807) is 20.9 Å². The van der Waals surface area contributed by atoms with Gasteiger partial charge in [0.1, 0.15) is 6.20 Å². The SMILES string of the molecule is Cn1cc([N+](=O)[O-])c(NCC(C)(C)C(N)=O)n1. The Morgan fingerprint density at radius 1 is 1.71 bits per heavy atom. The van der Waals surface area contributed by atoms with E-state index in [0.29, 0.717) is 0 Å². The zero-order valence-electron chi connectivity index (χ0n) is 9.93. The van der Waals surface area contributed by atoms with Crippen LogP contribution in [0.25, 0.3) is 0 Å². The fourth-order valence-electron chi connectivity index (χ4n) is 1.13. The lowest BCUT2D eigenvalue weighted by molar-refractivity contribution is -0.384. The molecule has 8 heteroatoms. The van der Waals surface area contributed by atoms with Crippen molar-refractivity contribution in [1.82, 2.24) is 9.78 Å². The number of carbonyl (C=O) groups excluding carboxylic acids is 1. The van der Waals surface area contributed by atoms with Crippen LogP contribution in [0.4, 0.5) is 11.5 Å². The van der Waals surface area contributed by atoms with Gasteiger partial charge < -0.3 is 11.1 Å². The lowest BCUT2D eigenvalue weighted by atomic mass is 9.93. The predicted molar refractivity (Wildman–Crippen MR) is 61.3 cm³/mol. The van der Waals surface area contributed by atoms with Crippen molar-refractivity contribution in [2.45, 2.75) is 13.8 Å². The molecule has 17 heavy (non-hydrogen) atoms. The Hall–Kier alpha value is -2.12. The van der Waals surface area contributed by atoms with Gasteiger partial charge in [-0.15, -0.1) is 5.10 Å². The third kappa shape index (κ3) is 2.92. The first-order chi connectivity index (χ1) is 7.74. The maximum absolute atomic E-state index is 11.1. The van der Waals surface area contributed by atoms with Crippen LogP contribution in [-0.2, 0) is 11.8 Å². The van der Waals surface area contributed by atoms with Gasteiger partial charge in [-0.25, -0.2) is 0 Å². The molecule has 0 radical (unpaired) electrons. The molecular formula is C9H15N5O3. The minimum absolute atomic E-state index is 0.131. The number of amides is 1. The van der Waals surface area contributed by atoms with Gasteiger partial charge in [0, 0.05) is 13.6 Å². The van der Waals surface area contributed by atoms with Crippen LogP contribution in [0, 0.1) is 15.5 Å².